The zero-order chi connectivity index (χ0) is 12.3. The van der Waals surface area contributed by atoms with Crippen LogP contribution in [0.2, 0.25) is 0 Å². The van der Waals surface area contributed by atoms with Crippen LogP contribution in [-0.2, 0) is 4.79 Å². The number of hydrogen-bond acceptors (Lipinski definition) is 2. The Labute approximate surface area is 82.1 Å². The molecule has 0 heterocycles. The SMILES string of the molecule is NCC(CCC(=O)O)C(F)(F)C(F)(F)F. The van der Waals surface area contributed by atoms with Crippen molar-refractivity contribution in [2.24, 2.45) is 11.7 Å². The van der Waals surface area contributed by atoms with Crippen LogP contribution in [0, 0.1) is 5.92 Å². The van der Waals surface area contributed by atoms with E-state index in [0.29, 0.717) is 0 Å². The molecule has 0 aliphatic carbocycles. The maximum atomic E-state index is 12.6. The molecule has 1 atom stereocenters. The van der Waals surface area contributed by atoms with E-state index in [-0.39, 0.29) is 0 Å². The fraction of sp³-hybridized carbons (Fsp3) is 0.857. The standard InChI is InChI=1S/C7H10F5NO2/c8-6(9,7(10,11)12)4(3-13)1-2-5(14)15/h4H,1-3,13H2,(H,14,15). The van der Waals surface area contributed by atoms with Gasteiger partial charge in [-0.3, -0.25) is 4.79 Å². The van der Waals surface area contributed by atoms with Gasteiger partial charge < -0.3 is 10.8 Å². The van der Waals surface area contributed by atoms with Crippen molar-refractivity contribution in [2.45, 2.75) is 24.9 Å². The largest absolute Gasteiger partial charge is 0.481 e. The van der Waals surface area contributed by atoms with Crippen LogP contribution < -0.4 is 5.73 Å². The molecule has 0 aliphatic rings. The Morgan fingerprint density at radius 2 is 1.73 bits per heavy atom. The van der Waals surface area contributed by atoms with E-state index in [0.717, 1.165) is 0 Å². The van der Waals surface area contributed by atoms with Gasteiger partial charge in [-0.15, -0.1) is 0 Å². The van der Waals surface area contributed by atoms with Gasteiger partial charge in [0.15, 0.2) is 0 Å². The van der Waals surface area contributed by atoms with Gasteiger partial charge in [-0.05, 0) is 6.42 Å². The van der Waals surface area contributed by atoms with Crippen LogP contribution in [0.3, 0.4) is 0 Å². The summed E-state index contributed by atoms with van der Waals surface area (Å²) in [6.07, 6.45) is -7.28. The molecular weight excluding hydrogens is 225 g/mol. The highest BCUT2D eigenvalue weighted by Crippen LogP contribution is 2.42. The number of aliphatic carboxylic acids is 1. The predicted molar refractivity (Wildman–Crippen MR) is 40.4 cm³/mol. The summed E-state index contributed by atoms with van der Waals surface area (Å²) in [7, 11) is 0. The Morgan fingerprint density at radius 1 is 1.27 bits per heavy atom. The quantitative estimate of drug-likeness (QED) is 0.712. The number of alkyl halides is 5. The molecule has 0 amide bonds. The van der Waals surface area contributed by atoms with Crippen molar-refractivity contribution in [1.29, 1.82) is 0 Å². The van der Waals surface area contributed by atoms with Crippen molar-refractivity contribution in [3.05, 3.63) is 0 Å². The molecule has 0 saturated carbocycles. The van der Waals surface area contributed by atoms with Crippen molar-refractivity contribution in [1.82, 2.24) is 0 Å². The zero-order valence-corrected chi connectivity index (χ0v) is 7.52. The van der Waals surface area contributed by atoms with Crippen molar-refractivity contribution in [2.75, 3.05) is 6.54 Å². The highest BCUT2D eigenvalue weighted by atomic mass is 19.4. The molecule has 0 saturated heterocycles. The summed E-state index contributed by atoms with van der Waals surface area (Å²) in [5.74, 6) is -8.59. The smallest absolute Gasteiger partial charge is 0.453 e. The molecule has 3 nitrogen and oxygen atoms in total. The first-order valence-corrected chi connectivity index (χ1v) is 3.99. The van der Waals surface area contributed by atoms with Crippen LogP contribution in [0.25, 0.3) is 0 Å². The third-order valence-electron chi connectivity index (χ3n) is 1.88. The molecule has 8 heteroatoms. The van der Waals surface area contributed by atoms with Crippen LogP contribution in [0.5, 0.6) is 0 Å². The highest BCUT2D eigenvalue weighted by Gasteiger charge is 2.61. The number of hydrogen-bond donors (Lipinski definition) is 2. The van der Waals surface area contributed by atoms with E-state index < -0.39 is 43.4 Å². The van der Waals surface area contributed by atoms with Gasteiger partial charge in [0.05, 0.1) is 0 Å². The van der Waals surface area contributed by atoms with E-state index in [1.54, 1.807) is 0 Å². The second-order valence-corrected chi connectivity index (χ2v) is 2.99. The summed E-state index contributed by atoms with van der Waals surface area (Å²) in [6.45, 7) is -0.917. The first-order chi connectivity index (χ1) is 6.63. The molecule has 0 aliphatic heterocycles. The van der Waals surface area contributed by atoms with Crippen molar-refractivity contribution >= 4 is 5.97 Å². The lowest BCUT2D eigenvalue weighted by Gasteiger charge is -2.27. The Hall–Kier alpha value is -0.920. The molecule has 15 heavy (non-hydrogen) atoms. The van der Waals surface area contributed by atoms with E-state index in [9.17, 15) is 26.7 Å². The van der Waals surface area contributed by atoms with Crippen LogP contribution in [-0.4, -0.2) is 29.7 Å². The molecule has 0 spiro atoms. The Kier molecular flexibility index (Phi) is 4.44. The van der Waals surface area contributed by atoms with Crippen molar-refractivity contribution in [3.8, 4) is 0 Å². The Balaban J connectivity index is 4.58. The summed E-state index contributed by atoms with van der Waals surface area (Å²) >= 11 is 0. The second-order valence-electron chi connectivity index (χ2n) is 2.99. The maximum absolute atomic E-state index is 12.6. The molecular formula is C7H10F5NO2. The lowest BCUT2D eigenvalue weighted by molar-refractivity contribution is -0.302. The molecule has 0 radical (unpaired) electrons. The second kappa shape index (κ2) is 4.73. The van der Waals surface area contributed by atoms with E-state index in [4.69, 9.17) is 10.8 Å². The number of nitrogens with two attached hydrogens (primary N) is 1. The van der Waals surface area contributed by atoms with Gasteiger partial charge in [0, 0.05) is 18.9 Å². The van der Waals surface area contributed by atoms with Gasteiger partial charge >= 0.3 is 18.1 Å². The molecule has 90 valence electrons. The van der Waals surface area contributed by atoms with Crippen molar-refractivity contribution in [3.63, 3.8) is 0 Å². The van der Waals surface area contributed by atoms with Gasteiger partial charge in [0.2, 0.25) is 0 Å². The molecule has 0 aromatic carbocycles. The zero-order valence-electron chi connectivity index (χ0n) is 7.52. The van der Waals surface area contributed by atoms with Crippen LogP contribution in [0.4, 0.5) is 22.0 Å². The van der Waals surface area contributed by atoms with Gasteiger partial charge in [0.25, 0.3) is 0 Å². The summed E-state index contributed by atoms with van der Waals surface area (Å²) in [5, 5.41) is 8.16. The van der Waals surface area contributed by atoms with Gasteiger partial charge in [-0.2, -0.15) is 22.0 Å². The number of carbonyl (C=O) groups is 1. The average molecular weight is 235 g/mol. The lowest BCUT2D eigenvalue weighted by Crippen LogP contribution is -2.46. The molecule has 1 unspecified atom stereocenters. The third-order valence-corrected chi connectivity index (χ3v) is 1.88. The highest BCUT2D eigenvalue weighted by molar-refractivity contribution is 5.66. The fourth-order valence-electron chi connectivity index (χ4n) is 0.976. The van der Waals surface area contributed by atoms with Crippen LogP contribution >= 0.6 is 0 Å². The molecule has 0 rings (SSSR count). The number of carboxylic acids is 1. The molecule has 3 N–H and O–H groups in total. The summed E-state index contributed by atoms with van der Waals surface area (Å²) in [4.78, 5) is 10.0. The first kappa shape index (κ1) is 14.1. The number of rotatable bonds is 5. The Morgan fingerprint density at radius 3 is 2.00 bits per heavy atom. The minimum Gasteiger partial charge on any atom is -0.481 e. The molecule has 0 bridgehead atoms. The normalized spacial score (nSPS) is 15.1. The number of carboxylic acid groups (broad SMARTS) is 1. The van der Waals surface area contributed by atoms with E-state index >= 15 is 0 Å². The van der Waals surface area contributed by atoms with Crippen LogP contribution in [0.15, 0.2) is 0 Å². The third kappa shape index (κ3) is 3.61. The van der Waals surface area contributed by atoms with Gasteiger partial charge in [0.1, 0.15) is 0 Å². The molecule has 0 fully saturated rings. The van der Waals surface area contributed by atoms with Gasteiger partial charge in [-0.25, -0.2) is 0 Å². The minimum absolute atomic E-state index is 0.770. The average Bonchev–Trinajstić information content (AvgIpc) is 2.02. The molecule has 0 aromatic heterocycles. The molecule has 0 aromatic rings. The number of halogens is 5. The van der Waals surface area contributed by atoms with Crippen molar-refractivity contribution < 1.29 is 31.9 Å². The maximum Gasteiger partial charge on any atom is 0.453 e. The summed E-state index contributed by atoms with van der Waals surface area (Å²) in [5.41, 5.74) is 4.77. The van der Waals surface area contributed by atoms with E-state index in [1.165, 1.54) is 0 Å². The first-order valence-electron chi connectivity index (χ1n) is 3.99. The lowest BCUT2D eigenvalue weighted by atomic mass is 9.95. The van der Waals surface area contributed by atoms with E-state index in [1.807, 2.05) is 0 Å². The summed E-state index contributed by atoms with van der Waals surface area (Å²) < 4.78 is 60.8. The summed E-state index contributed by atoms with van der Waals surface area (Å²) in [6, 6.07) is 0. The fourth-order valence-corrected chi connectivity index (χ4v) is 0.976. The van der Waals surface area contributed by atoms with Gasteiger partial charge in [-0.1, -0.05) is 0 Å². The minimum atomic E-state index is -5.70. The predicted octanol–water partition coefficient (Wildman–Crippen LogP) is 1.62. The van der Waals surface area contributed by atoms with E-state index in [2.05, 4.69) is 0 Å². The monoisotopic (exact) mass is 235 g/mol. The van der Waals surface area contributed by atoms with Crippen LogP contribution in [0.1, 0.15) is 12.8 Å². The Bertz CT molecular complexity index is 228. The topological polar surface area (TPSA) is 63.3 Å².